The Labute approximate surface area is 136 Å². The van der Waals surface area contributed by atoms with Gasteiger partial charge in [-0.1, -0.05) is 33.6 Å². The van der Waals surface area contributed by atoms with E-state index in [1.165, 1.54) is 50.1 Å². The van der Waals surface area contributed by atoms with Crippen molar-refractivity contribution < 1.29 is 4.74 Å². The zero-order valence-corrected chi connectivity index (χ0v) is 14.8. The fraction of sp³-hybridized carbons (Fsp3) is 0.684. The molecule has 0 saturated carbocycles. The maximum absolute atomic E-state index is 5.49. The fourth-order valence-electron chi connectivity index (χ4n) is 3.18. The van der Waals surface area contributed by atoms with E-state index >= 15 is 0 Å². The molecule has 22 heavy (non-hydrogen) atoms. The number of hydrogen-bond donors (Lipinski definition) is 0. The van der Waals surface area contributed by atoms with E-state index in [-0.39, 0.29) is 0 Å². The van der Waals surface area contributed by atoms with E-state index in [2.05, 4.69) is 48.8 Å². The number of rotatable bonds is 7. The van der Waals surface area contributed by atoms with Gasteiger partial charge in [-0.3, -0.25) is 4.90 Å². The van der Waals surface area contributed by atoms with Crippen LogP contribution in [0, 0.1) is 0 Å². The number of piperazine rings is 1. The molecule has 0 aromatic heterocycles. The summed E-state index contributed by atoms with van der Waals surface area (Å²) in [7, 11) is 1.76. The monoisotopic (exact) mass is 304 g/mol. The quantitative estimate of drug-likeness (QED) is 0.704. The Morgan fingerprint density at radius 1 is 1.09 bits per heavy atom. The number of methoxy groups -OCH3 is 1. The number of anilines is 1. The summed E-state index contributed by atoms with van der Waals surface area (Å²) in [5.74, 6) is 1.50. The third-order valence-corrected chi connectivity index (χ3v) is 4.65. The van der Waals surface area contributed by atoms with Gasteiger partial charge in [0.15, 0.2) is 0 Å². The molecule has 1 aliphatic heterocycles. The smallest absolute Gasteiger partial charge is 0.122 e. The maximum Gasteiger partial charge on any atom is 0.122 e. The van der Waals surface area contributed by atoms with Crippen molar-refractivity contribution in [2.45, 2.75) is 46.0 Å². The Balaban J connectivity index is 1.95. The molecule has 0 aliphatic carbocycles. The van der Waals surface area contributed by atoms with Gasteiger partial charge in [-0.25, -0.2) is 0 Å². The summed E-state index contributed by atoms with van der Waals surface area (Å²) in [4.78, 5) is 5.13. The van der Waals surface area contributed by atoms with E-state index in [4.69, 9.17) is 4.74 Å². The molecule has 1 fully saturated rings. The van der Waals surface area contributed by atoms with E-state index in [1.807, 2.05) is 0 Å². The summed E-state index contributed by atoms with van der Waals surface area (Å²) in [6, 6.07) is 6.64. The summed E-state index contributed by atoms with van der Waals surface area (Å²) in [5, 5.41) is 0. The fourth-order valence-corrected chi connectivity index (χ4v) is 3.18. The molecule has 3 nitrogen and oxygen atoms in total. The van der Waals surface area contributed by atoms with Crippen LogP contribution < -0.4 is 9.64 Å². The van der Waals surface area contributed by atoms with Crippen molar-refractivity contribution in [2.75, 3.05) is 44.7 Å². The second kappa shape index (κ2) is 8.42. The van der Waals surface area contributed by atoms with Crippen LogP contribution >= 0.6 is 0 Å². The minimum absolute atomic E-state index is 0.491. The van der Waals surface area contributed by atoms with Gasteiger partial charge in [0.2, 0.25) is 0 Å². The SMILES string of the molecule is CCCCCN1CCN(c2ccc(OC)c(C(C)C)c2)CC1. The van der Waals surface area contributed by atoms with E-state index in [0.29, 0.717) is 5.92 Å². The van der Waals surface area contributed by atoms with Crippen LogP contribution in [0.4, 0.5) is 5.69 Å². The van der Waals surface area contributed by atoms with Crippen LogP contribution in [-0.4, -0.2) is 44.7 Å². The van der Waals surface area contributed by atoms with Crippen molar-refractivity contribution >= 4 is 5.69 Å². The van der Waals surface area contributed by atoms with Crippen molar-refractivity contribution in [3.05, 3.63) is 23.8 Å². The van der Waals surface area contributed by atoms with Gasteiger partial charge in [0.05, 0.1) is 7.11 Å². The van der Waals surface area contributed by atoms with Crippen LogP contribution in [0.15, 0.2) is 18.2 Å². The normalized spacial score (nSPS) is 16.3. The molecule has 0 amide bonds. The van der Waals surface area contributed by atoms with E-state index in [1.54, 1.807) is 7.11 Å². The molecule has 1 saturated heterocycles. The highest BCUT2D eigenvalue weighted by Gasteiger charge is 2.18. The molecule has 0 bridgehead atoms. The molecule has 0 N–H and O–H groups in total. The molecular weight excluding hydrogens is 272 g/mol. The number of benzene rings is 1. The van der Waals surface area contributed by atoms with Crippen LogP contribution in [-0.2, 0) is 0 Å². The molecular formula is C19H32N2O. The number of unbranched alkanes of at least 4 members (excludes halogenated alkanes) is 2. The maximum atomic E-state index is 5.49. The second-order valence-corrected chi connectivity index (χ2v) is 6.62. The van der Waals surface area contributed by atoms with E-state index in [9.17, 15) is 0 Å². The topological polar surface area (TPSA) is 15.7 Å². The summed E-state index contributed by atoms with van der Waals surface area (Å²) < 4.78 is 5.49. The Kier molecular flexibility index (Phi) is 6.56. The molecule has 3 heteroatoms. The Morgan fingerprint density at radius 2 is 1.82 bits per heavy atom. The van der Waals surface area contributed by atoms with Crippen molar-refractivity contribution in [1.82, 2.24) is 4.90 Å². The standard InChI is InChI=1S/C19H32N2O/c1-5-6-7-10-20-11-13-21(14-12-20)17-8-9-19(22-4)18(15-17)16(2)3/h8-9,15-16H,5-7,10-14H2,1-4H3. The Bertz CT molecular complexity index is 451. The van der Waals surface area contributed by atoms with Gasteiger partial charge in [-0.15, -0.1) is 0 Å². The van der Waals surface area contributed by atoms with Gasteiger partial charge in [0.1, 0.15) is 5.75 Å². The molecule has 0 spiro atoms. The summed E-state index contributed by atoms with van der Waals surface area (Å²) in [6.45, 7) is 12.6. The van der Waals surface area contributed by atoms with Crippen molar-refractivity contribution in [2.24, 2.45) is 0 Å². The zero-order valence-electron chi connectivity index (χ0n) is 14.8. The summed E-state index contributed by atoms with van der Waals surface area (Å²) in [5.41, 5.74) is 2.66. The first kappa shape index (κ1) is 17.1. The lowest BCUT2D eigenvalue weighted by Gasteiger charge is -2.36. The van der Waals surface area contributed by atoms with Gasteiger partial charge in [0, 0.05) is 31.9 Å². The molecule has 0 unspecified atom stereocenters. The van der Waals surface area contributed by atoms with Crippen LogP contribution in [0.5, 0.6) is 5.75 Å². The van der Waals surface area contributed by atoms with Crippen molar-refractivity contribution in [3.63, 3.8) is 0 Å². The number of nitrogens with zero attached hydrogens (tertiary/aromatic N) is 2. The molecule has 0 atom stereocenters. The molecule has 124 valence electrons. The average molecular weight is 304 g/mol. The first-order chi connectivity index (χ1) is 10.7. The van der Waals surface area contributed by atoms with Crippen LogP contribution in [0.2, 0.25) is 0 Å². The highest BCUT2D eigenvalue weighted by atomic mass is 16.5. The largest absolute Gasteiger partial charge is 0.496 e. The van der Waals surface area contributed by atoms with Gasteiger partial charge < -0.3 is 9.64 Å². The number of ether oxygens (including phenoxy) is 1. The predicted molar refractivity (Wildman–Crippen MR) is 95.3 cm³/mol. The van der Waals surface area contributed by atoms with Crippen molar-refractivity contribution in [3.8, 4) is 5.75 Å². The zero-order chi connectivity index (χ0) is 15.9. The van der Waals surface area contributed by atoms with Gasteiger partial charge in [-0.05, 0) is 42.6 Å². The molecule has 2 rings (SSSR count). The third-order valence-electron chi connectivity index (χ3n) is 4.65. The molecule has 1 aliphatic rings. The van der Waals surface area contributed by atoms with Crippen molar-refractivity contribution in [1.29, 1.82) is 0 Å². The lowest BCUT2D eigenvalue weighted by molar-refractivity contribution is 0.252. The highest BCUT2D eigenvalue weighted by molar-refractivity contribution is 5.54. The van der Waals surface area contributed by atoms with Gasteiger partial charge in [-0.2, -0.15) is 0 Å². The minimum atomic E-state index is 0.491. The predicted octanol–water partition coefficient (Wildman–Crippen LogP) is 4.13. The molecule has 1 aromatic carbocycles. The summed E-state index contributed by atoms with van der Waals surface area (Å²) in [6.07, 6.45) is 4.01. The van der Waals surface area contributed by atoms with E-state index in [0.717, 1.165) is 18.8 Å². The third kappa shape index (κ3) is 4.39. The highest BCUT2D eigenvalue weighted by Crippen LogP contribution is 2.31. The van der Waals surface area contributed by atoms with Crippen LogP contribution in [0.1, 0.15) is 51.5 Å². The van der Waals surface area contributed by atoms with Crippen LogP contribution in [0.3, 0.4) is 0 Å². The number of hydrogen-bond acceptors (Lipinski definition) is 3. The first-order valence-corrected chi connectivity index (χ1v) is 8.81. The second-order valence-electron chi connectivity index (χ2n) is 6.62. The lowest BCUT2D eigenvalue weighted by Crippen LogP contribution is -2.46. The Morgan fingerprint density at radius 3 is 2.41 bits per heavy atom. The Hall–Kier alpha value is -1.22. The van der Waals surface area contributed by atoms with Gasteiger partial charge >= 0.3 is 0 Å². The summed E-state index contributed by atoms with van der Waals surface area (Å²) >= 11 is 0. The van der Waals surface area contributed by atoms with Gasteiger partial charge in [0.25, 0.3) is 0 Å². The first-order valence-electron chi connectivity index (χ1n) is 8.81. The lowest BCUT2D eigenvalue weighted by atomic mass is 10.0. The molecule has 0 radical (unpaired) electrons. The average Bonchev–Trinajstić information content (AvgIpc) is 2.55. The minimum Gasteiger partial charge on any atom is -0.496 e. The molecule has 1 aromatic rings. The molecule has 1 heterocycles. The van der Waals surface area contributed by atoms with E-state index < -0.39 is 0 Å². The van der Waals surface area contributed by atoms with Crippen LogP contribution in [0.25, 0.3) is 0 Å².